The lowest BCUT2D eigenvalue weighted by molar-refractivity contribution is -0.135. The number of nitrogens with zero attached hydrogens (tertiary/aromatic N) is 1. The number of hydrogen-bond donors (Lipinski definition) is 1. The van der Waals surface area contributed by atoms with E-state index in [0.29, 0.717) is 67.9 Å². The van der Waals surface area contributed by atoms with Gasteiger partial charge in [0, 0.05) is 31.3 Å². The fraction of sp³-hybridized carbons (Fsp3) is 0.724. The molecule has 3 fully saturated rings. The van der Waals surface area contributed by atoms with E-state index in [1.165, 1.54) is 11.1 Å². The normalized spacial score (nSPS) is 31.5. The highest BCUT2D eigenvalue weighted by Gasteiger charge is 2.54. The minimum absolute atomic E-state index is 0.0917. The van der Waals surface area contributed by atoms with Gasteiger partial charge in [0.2, 0.25) is 5.91 Å². The van der Waals surface area contributed by atoms with E-state index in [2.05, 4.69) is 19.9 Å². The van der Waals surface area contributed by atoms with Crippen LogP contribution in [0.3, 0.4) is 0 Å². The second-order valence-electron chi connectivity index (χ2n) is 11.7. The highest BCUT2D eigenvalue weighted by Crippen LogP contribution is 2.59. The Labute approximate surface area is 204 Å². The minimum atomic E-state index is -0.0917. The van der Waals surface area contributed by atoms with Gasteiger partial charge in [-0.15, -0.1) is 0 Å². The third-order valence-corrected chi connectivity index (χ3v) is 9.65. The second kappa shape index (κ2) is 9.64. The van der Waals surface area contributed by atoms with Crippen molar-refractivity contribution >= 4 is 11.7 Å². The molecular weight excluding hydrogens is 426 g/mol. The summed E-state index contributed by atoms with van der Waals surface area (Å²) in [6.45, 7) is 7.20. The number of morpholine rings is 1. The van der Waals surface area contributed by atoms with Gasteiger partial charge in [-0.25, -0.2) is 0 Å². The fourth-order valence-electron chi connectivity index (χ4n) is 7.64. The number of aromatic hydroxyl groups is 1. The van der Waals surface area contributed by atoms with Crippen LogP contribution in [0.5, 0.6) is 5.75 Å². The van der Waals surface area contributed by atoms with E-state index in [1.54, 1.807) is 0 Å². The lowest BCUT2D eigenvalue weighted by Gasteiger charge is -2.48. The molecule has 34 heavy (non-hydrogen) atoms. The van der Waals surface area contributed by atoms with Crippen molar-refractivity contribution in [2.45, 2.75) is 84.0 Å². The third kappa shape index (κ3) is 4.41. The smallest absolute Gasteiger partial charge is 0.222 e. The predicted molar refractivity (Wildman–Crippen MR) is 132 cm³/mol. The molecule has 2 saturated carbocycles. The quantitative estimate of drug-likeness (QED) is 0.638. The van der Waals surface area contributed by atoms with Gasteiger partial charge in [0.1, 0.15) is 11.5 Å². The summed E-state index contributed by atoms with van der Waals surface area (Å²) in [5.74, 6) is 3.27. The maximum Gasteiger partial charge on any atom is 0.222 e. The molecule has 5 rings (SSSR count). The van der Waals surface area contributed by atoms with Gasteiger partial charge in [0.25, 0.3) is 0 Å². The first-order valence-electron chi connectivity index (χ1n) is 13.6. The highest BCUT2D eigenvalue weighted by atomic mass is 16.5. The lowest BCUT2D eigenvalue weighted by atomic mass is 9.55. The zero-order valence-corrected chi connectivity index (χ0v) is 21.0. The molecule has 1 unspecified atom stereocenters. The predicted octanol–water partition coefficient (Wildman–Crippen LogP) is 5.03. The SMILES string of the molecule is CC(CCCC(=O)N1CCOCC1)Cc1cc2c(cc1O)CC[C@@H]1[C@@H]2CC[C@]2(C)C(=O)CC[C@@H]12. The van der Waals surface area contributed by atoms with Crippen molar-refractivity contribution in [2.24, 2.45) is 23.2 Å². The molecule has 186 valence electrons. The number of benzene rings is 1. The Balaban J connectivity index is 1.22. The van der Waals surface area contributed by atoms with Crippen LogP contribution in [0.4, 0.5) is 0 Å². The Kier molecular flexibility index (Phi) is 6.76. The molecule has 0 bridgehead atoms. The van der Waals surface area contributed by atoms with Gasteiger partial charge in [0.15, 0.2) is 0 Å². The van der Waals surface area contributed by atoms with E-state index in [-0.39, 0.29) is 11.3 Å². The maximum atomic E-state index is 12.6. The molecule has 1 amide bonds. The Morgan fingerprint density at radius 1 is 1.21 bits per heavy atom. The summed E-state index contributed by atoms with van der Waals surface area (Å²) in [6, 6.07) is 4.33. The summed E-state index contributed by atoms with van der Waals surface area (Å²) >= 11 is 0. The molecule has 4 aliphatic rings. The van der Waals surface area contributed by atoms with Crippen LogP contribution in [0, 0.1) is 23.2 Å². The van der Waals surface area contributed by atoms with Crippen molar-refractivity contribution < 1.29 is 19.4 Å². The number of hydrogen-bond acceptors (Lipinski definition) is 4. The van der Waals surface area contributed by atoms with Crippen molar-refractivity contribution in [3.8, 4) is 5.75 Å². The van der Waals surface area contributed by atoms with Crippen LogP contribution in [0.1, 0.15) is 87.8 Å². The summed E-state index contributed by atoms with van der Waals surface area (Å²) < 4.78 is 5.34. The van der Waals surface area contributed by atoms with Crippen LogP contribution in [-0.2, 0) is 27.2 Å². The summed E-state index contributed by atoms with van der Waals surface area (Å²) in [5.41, 5.74) is 3.73. The molecule has 1 saturated heterocycles. The van der Waals surface area contributed by atoms with Crippen molar-refractivity contribution in [3.63, 3.8) is 0 Å². The van der Waals surface area contributed by atoms with Crippen molar-refractivity contribution in [1.82, 2.24) is 4.90 Å². The van der Waals surface area contributed by atoms with Gasteiger partial charge < -0.3 is 14.7 Å². The van der Waals surface area contributed by atoms with E-state index in [4.69, 9.17) is 4.74 Å². The van der Waals surface area contributed by atoms with Gasteiger partial charge in [-0.1, -0.05) is 19.9 Å². The summed E-state index contributed by atoms with van der Waals surface area (Å²) in [6.07, 6.45) is 9.44. The summed E-state index contributed by atoms with van der Waals surface area (Å²) in [7, 11) is 0. The lowest BCUT2D eigenvalue weighted by Crippen LogP contribution is -2.42. The molecule has 5 atom stereocenters. The molecule has 1 aromatic carbocycles. The summed E-state index contributed by atoms with van der Waals surface area (Å²) in [5, 5.41) is 10.8. The topological polar surface area (TPSA) is 66.8 Å². The van der Waals surface area contributed by atoms with E-state index >= 15 is 0 Å². The first-order valence-corrected chi connectivity index (χ1v) is 13.6. The van der Waals surface area contributed by atoms with Gasteiger partial charge >= 0.3 is 0 Å². The number of carbonyl (C=O) groups excluding carboxylic acids is 2. The van der Waals surface area contributed by atoms with Crippen molar-refractivity contribution in [3.05, 3.63) is 28.8 Å². The standard InChI is InChI=1S/C29H41NO4/c1-19(4-3-5-28(33)30-12-14-34-15-13-30)16-21-17-24-20(18-26(21)31)6-7-23-22(24)10-11-29(2)25(23)8-9-27(29)32/h17-19,22-23,25,31H,3-16H2,1-2H3/t19?,22-,23+,25-,29-/m0/s1. The van der Waals surface area contributed by atoms with Crippen LogP contribution in [0.15, 0.2) is 12.1 Å². The molecule has 1 aliphatic heterocycles. The monoisotopic (exact) mass is 467 g/mol. The highest BCUT2D eigenvalue weighted by molar-refractivity contribution is 5.87. The molecule has 1 N–H and O–H groups in total. The molecule has 0 radical (unpaired) electrons. The maximum absolute atomic E-state index is 12.6. The van der Waals surface area contributed by atoms with Crippen LogP contribution in [0.2, 0.25) is 0 Å². The number of phenolic OH excluding ortho intramolecular Hbond substituents is 1. The zero-order valence-electron chi connectivity index (χ0n) is 21.0. The number of aryl methyl sites for hydroxylation is 1. The van der Waals surface area contributed by atoms with Crippen molar-refractivity contribution in [2.75, 3.05) is 26.3 Å². The fourth-order valence-corrected chi connectivity index (χ4v) is 7.64. The van der Waals surface area contributed by atoms with Crippen LogP contribution < -0.4 is 0 Å². The Morgan fingerprint density at radius 2 is 2.00 bits per heavy atom. The van der Waals surface area contributed by atoms with Gasteiger partial charge in [-0.05, 0) is 97.8 Å². The average molecular weight is 468 g/mol. The number of amides is 1. The molecular formula is C29H41NO4. The van der Waals surface area contributed by atoms with Gasteiger partial charge in [-0.3, -0.25) is 9.59 Å². The van der Waals surface area contributed by atoms with Crippen LogP contribution in [0.25, 0.3) is 0 Å². The summed E-state index contributed by atoms with van der Waals surface area (Å²) in [4.78, 5) is 27.0. The largest absolute Gasteiger partial charge is 0.508 e. The van der Waals surface area contributed by atoms with Crippen LogP contribution in [-0.4, -0.2) is 48.0 Å². The average Bonchev–Trinajstić information content (AvgIpc) is 3.14. The Hall–Kier alpha value is -1.88. The van der Waals surface area contributed by atoms with Gasteiger partial charge in [0.05, 0.1) is 13.2 Å². The number of ether oxygens (including phenoxy) is 1. The molecule has 1 heterocycles. The minimum Gasteiger partial charge on any atom is -0.508 e. The molecule has 0 spiro atoms. The van der Waals surface area contributed by atoms with E-state index in [1.807, 2.05) is 11.0 Å². The zero-order chi connectivity index (χ0) is 23.9. The molecule has 5 nitrogen and oxygen atoms in total. The van der Waals surface area contributed by atoms with Gasteiger partial charge in [-0.2, -0.15) is 0 Å². The number of fused-ring (bicyclic) bond motifs is 5. The Morgan fingerprint density at radius 3 is 2.79 bits per heavy atom. The Bertz CT molecular complexity index is 936. The van der Waals surface area contributed by atoms with Crippen molar-refractivity contribution in [1.29, 1.82) is 0 Å². The third-order valence-electron chi connectivity index (χ3n) is 9.65. The number of Topliss-reactive ketones (excluding diaryl/α,β-unsaturated/α-hetero) is 1. The van der Waals surface area contributed by atoms with E-state index < -0.39 is 0 Å². The number of carbonyl (C=O) groups is 2. The molecule has 5 heteroatoms. The number of phenols is 1. The molecule has 3 aliphatic carbocycles. The molecule has 1 aromatic rings. The van der Waals surface area contributed by atoms with Crippen LogP contribution >= 0.6 is 0 Å². The number of ketones is 1. The van der Waals surface area contributed by atoms with E-state index in [0.717, 1.165) is 63.4 Å². The number of rotatable bonds is 6. The first kappa shape index (κ1) is 23.8. The van der Waals surface area contributed by atoms with E-state index in [9.17, 15) is 14.7 Å². The second-order valence-corrected chi connectivity index (χ2v) is 11.7. The molecule has 0 aromatic heterocycles. The first-order chi connectivity index (χ1) is 16.4.